The van der Waals surface area contributed by atoms with Crippen molar-refractivity contribution in [3.8, 4) is 5.69 Å². The highest BCUT2D eigenvalue weighted by Crippen LogP contribution is 2.11. The van der Waals surface area contributed by atoms with Crippen LogP contribution in [0.3, 0.4) is 0 Å². The average molecular weight is 284 g/mol. The molecule has 1 aromatic carbocycles. The minimum atomic E-state index is -0.474. The molecule has 3 aromatic rings. The van der Waals surface area contributed by atoms with Crippen LogP contribution >= 0.6 is 0 Å². The number of carbonyl (C=O) groups is 1. The van der Waals surface area contributed by atoms with E-state index in [1.807, 2.05) is 41.2 Å². The summed E-state index contributed by atoms with van der Waals surface area (Å²) in [7, 11) is 0. The van der Waals surface area contributed by atoms with Gasteiger partial charge >= 0.3 is 11.7 Å². The minimum Gasteiger partial charge on any atom is -0.454 e. The number of nitrogens with one attached hydrogen (secondary N) is 2. The molecule has 0 unspecified atom stereocenters. The number of hydrogen-bond acceptors (Lipinski definition) is 4. The zero-order valence-electron chi connectivity index (χ0n) is 10.9. The predicted molar refractivity (Wildman–Crippen MR) is 74.1 cm³/mol. The van der Waals surface area contributed by atoms with Gasteiger partial charge in [-0.2, -0.15) is 5.10 Å². The van der Waals surface area contributed by atoms with Gasteiger partial charge in [0.25, 0.3) is 0 Å². The zero-order chi connectivity index (χ0) is 14.7. The maximum absolute atomic E-state index is 11.9. The van der Waals surface area contributed by atoms with Gasteiger partial charge in [-0.1, -0.05) is 0 Å². The highest BCUT2D eigenvalue weighted by atomic mass is 16.5. The molecule has 0 saturated carbocycles. The number of aromatic nitrogens is 4. The molecule has 0 aliphatic rings. The molecule has 2 N–H and O–H groups in total. The van der Waals surface area contributed by atoms with Crippen LogP contribution in [0.1, 0.15) is 16.2 Å². The van der Waals surface area contributed by atoms with Crippen molar-refractivity contribution in [3.63, 3.8) is 0 Å². The second kappa shape index (κ2) is 5.49. The van der Waals surface area contributed by atoms with Crippen LogP contribution < -0.4 is 5.69 Å². The monoisotopic (exact) mass is 284 g/mol. The topological polar surface area (TPSA) is 92.8 Å². The standard InChI is InChI=1S/C14H12N4O3/c19-13(21-9-12-15-14(20)17-16-12)10-3-5-11(6-4-10)18-7-1-2-8-18/h1-8H,9H2,(H2,15,16,17,20). The summed E-state index contributed by atoms with van der Waals surface area (Å²) in [5.41, 5.74) is 0.953. The molecule has 2 heterocycles. The summed E-state index contributed by atoms with van der Waals surface area (Å²) >= 11 is 0. The summed E-state index contributed by atoms with van der Waals surface area (Å²) in [6.45, 7) is -0.0864. The molecule has 106 valence electrons. The first kappa shape index (κ1) is 12.9. The molecule has 0 saturated heterocycles. The smallest absolute Gasteiger partial charge is 0.340 e. The Bertz CT molecular complexity index is 784. The van der Waals surface area contributed by atoms with E-state index in [0.29, 0.717) is 5.56 Å². The Kier molecular flexibility index (Phi) is 3.38. The van der Waals surface area contributed by atoms with Crippen LogP contribution in [0.15, 0.2) is 53.6 Å². The van der Waals surface area contributed by atoms with Crippen LogP contribution in [0.25, 0.3) is 5.69 Å². The Balaban J connectivity index is 1.66. The summed E-state index contributed by atoms with van der Waals surface area (Å²) in [4.78, 5) is 25.1. The van der Waals surface area contributed by atoms with Crippen molar-refractivity contribution < 1.29 is 9.53 Å². The van der Waals surface area contributed by atoms with E-state index in [-0.39, 0.29) is 12.4 Å². The third kappa shape index (κ3) is 2.92. The molecule has 0 bridgehead atoms. The molecule has 0 amide bonds. The van der Waals surface area contributed by atoms with Crippen molar-refractivity contribution >= 4 is 5.97 Å². The maximum Gasteiger partial charge on any atom is 0.340 e. The second-order valence-corrected chi connectivity index (χ2v) is 4.34. The van der Waals surface area contributed by atoms with Gasteiger partial charge < -0.3 is 9.30 Å². The van der Waals surface area contributed by atoms with E-state index in [9.17, 15) is 9.59 Å². The number of carbonyl (C=O) groups excluding carboxylic acids is 1. The molecule has 0 atom stereocenters. The van der Waals surface area contributed by atoms with E-state index in [2.05, 4.69) is 15.2 Å². The number of aromatic amines is 2. The fraction of sp³-hybridized carbons (Fsp3) is 0.0714. The molecule has 3 rings (SSSR count). The first-order valence-electron chi connectivity index (χ1n) is 6.26. The Morgan fingerprint density at radius 3 is 2.52 bits per heavy atom. The maximum atomic E-state index is 11.9. The van der Waals surface area contributed by atoms with Gasteiger partial charge in [0, 0.05) is 18.1 Å². The molecule has 0 aliphatic heterocycles. The first-order valence-corrected chi connectivity index (χ1v) is 6.26. The molecule has 0 radical (unpaired) electrons. The van der Waals surface area contributed by atoms with Crippen molar-refractivity contribution in [3.05, 3.63) is 70.7 Å². The van der Waals surface area contributed by atoms with E-state index in [4.69, 9.17) is 4.74 Å². The van der Waals surface area contributed by atoms with Crippen molar-refractivity contribution in [2.75, 3.05) is 0 Å². The van der Waals surface area contributed by atoms with Crippen LogP contribution in [0, 0.1) is 0 Å². The molecular formula is C14H12N4O3. The highest BCUT2D eigenvalue weighted by Gasteiger charge is 2.09. The van der Waals surface area contributed by atoms with Crippen molar-refractivity contribution in [1.82, 2.24) is 19.7 Å². The summed E-state index contributed by atoms with van der Waals surface area (Å²) in [6.07, 6.45) is 3.84. The zero-order valence-corrected chi connectivity index (χ0v) is 10.9. The Morgan fingerprint density at radius 1 is 1.19 bits per heavy atom. The van der Waals surface area contributed by atoms with Crippen molar-refractivity contribution in [2.24, 2.45) is 0 Å². The highest BCUT2D eigenvalue weighted by molar-refractivity contribution is 5.89. The fourth-order valence-corrected chi connectivity index (χ4v) is 1.87. The summed E-state index contributed by atoms with van der Waals surface area (Å²) in [5, 5.41) is 5.86. The van der Waals surface area contributed by atoms with Gasteiger partial charge in [-0.05, 0) is 36.4 Å². The predicted octanol–water partition coefficient (Wildman–Crippen LogP) is 1.25. The minimum absolute atomic E-state index is 0.0864. The van der Waals surface area contributed by atoms with E-state index < -0.39 is 11.7 Å². The third-order valence-corrected chi connectivity index (χ3v) is 2.90. The molecule has 0 fully saturated rings. The molecule has 7 nitrogen and oxygen atoms in total. The SMILES string of the molecule is O=C(OCc1n[nH]c(=O)[nH]1)c1ccc(-n2cccc2)cc1. The lowest BCUT2D eigenvalue weighted by Crippen LogP contribution is -2.07. The number of hydrogen-bond donors (Lipinski definition) is 2. The number of esters is 1. The van der Waals surface area contributed by atoms with Crippen LogP contribution in [-0.2, 0) is 11.3 Å². The van der Waals surface area contributed by atoms with Crippen LogP contribution in [0.2, 0.25) is 0 Å². The van der Waals surface area contributed by atoms with Crippen LogP contribution in [-0.4, -0.2) is 25.7 Å². The Labute approximate surface area is 119 Å². The molecule has 21 heavy (non-hydrogen) atoms. The summed E-state index contributed by atoms with van der Waals surface area (Å²) < 4.78 is 6.99. The molecule has 0 spiro atoms. The van der Waals surface area contributed by atoms with Gasteiger partial charge in [0.1, 0.15) is 0 Å². The van der Waals surface area contributed by atoms with Crippen LogP contribution in [0.5, 0.6) is 0 Å². The van der Waals surface area contributed by atoms with Gasteiger partial charge in [-0.25, -0.2) is 14.7 Å². The number of rotatable bonds is 4. The summed E-state index contributed by atoms with van der Waals surface area (Å²) in [5.74, 6) is -0.199. The van der Waals surface area contributed by atoms with E-state index >= 15 is 0 Å². The van der Waals surface area contributed by atoms with Gasteiger partial charge in [-0.15, -0.1) is 0 Å². The normalized spacial score (nSPS) is 10.5. The lowest BCUT2D eigenvalue weighted by molar-refractivity contribution is 0.0462. The van der Waals surface area contributed by atoms with E-state index in [1.165, 1.54) is 0 Å². The lowest BCUT2D eigenvalue weighted by atomic mass is 10.2. The number of H-pyrrole nitrogens is 2. The molecule has 0 aliphatic carbocycles. The quantitative estimate of drug-likeness (QED) is 0.705. The largest absolute Gasteiger partial charge is 0.454 e. The Morgan fingerprint density at radius 2 is 1.90 bits per heavy atom. The summed E-state index contributed by atoms with van der Waals surface area (Å²) in [6, 6.07) is 10.9. The van der Waals surface area contributed by atoms with Crippen molar-refractivity contribution in [1.29, 1.82) is 0 Å². The first-order chi connectivity index (χ1) is 10.2. The molecule has 2 aromatic heterocycles. The van der Waals surface area contributed by atoms with Gasteiger partial charge in [-0.3, -0.25) is 4.98 Å². The van der Waals surface area contributed by atoms with E-state index in [0.717, 1.165) is 5.69 Å². The lowest BCUT2D eigenvalue weighted by Gasteiger charge is -2.05. The molecule has 7 heteroatoms. The van der Waals surface area contributed by atoms with Gasteiger partial charge in [0.2, 0.25) is 0 Å². The molecular weight excluding hydrogens is 272 g/mol. The van der Waals surface area contributed by atoms with Crippen molar-refractivity contribution in [2.45, 2.75) is 6.61 Å². The second-order valence-electron chi connectivity index (χ2n) is 4.34. The third-order valence-electron chi connectivity index (χ3n) is 2.90. The van der Waals surface area contributed by atoms with E-state index in [1.54, 1.807) is 12.1 Å². The Hall–Kier alpha value is -3.09. The fourth-order valence-electron chi connectivity index (χ4n) is 1.87. The van der Waals surface area contributed by atoms with Gasteiger partial charge in [0.15, 0.2) is 12.4 Å². The van der Waals surface area contributed by atoms with Crippen LogP contribution in [0.4, 0.5) is 0 Å². The number of ether oxygens (including phenoxy) is 1. The van der Waals surface area contributed by atoms with Gasteiger partial charge in [0.05, 0.1) is 5.56 Å². The number of nitrogens with zero attached hydrogens (tertiary/aromatic N) is 2. The average Bonchev–Trinajstić information content (AvgIpc) is 3.16. The number of benzene rings is 1.